The fourth-order valence-electron chi connectivity index (χ4n) is 2.86. The van der Waals surface area contributed by atoms with E-state index in [9.17, 15) is 14.7 Å². The molecule has 2 heterocycles. The maximum atomic E-state index is 12.8. The van der Waals surface area contributed by atoms with Gasteiger partial charge in [0.2, 0.25) is 0 Å². The average molecular weight is 344 g/mol. The van der Waals surface area contributed by atoms with E-state index >= 15 is 0 Å². The van der Waals surface area contributed by atoms with Gasteiger partial charge in [0, 0.05) is 25.1 Å². The van der Waals surface area contributed by atoms with Gasteiger partial charge in [-0.3, -0.25) is 9.59 Å². The number of anilines is 1. The number of carbonyl (C=O) groups is 2. The van der Waals surface area contributed by atoms with Gasteiger partial charge < -0.3 is 15.3 Å². The highest BCUT2D eigenvalue weighted by Gasteiger charge is 2.25. The third-order valence-electron chi connectivity index (χ3n) is 4.35. The van der Waals surface area contributed by atoms with E-state index in [2.05, 4.69) is 5.32 Å². The smallest absolute Gasteiger partial charge is 0.256 e. The first kappa shape index (κ1) is 16.7. The first-order valence-corrected chi connectivity index (χ1v) is 8.96. The van der Waals surface area contributed by atoms with Gasteiger partial charge in [0.25, 0.3) is 11.8 Å². The summed E-state index contributed by atoms with van der Waals surface area (Å²) in [5.41, 5.74) is 1.62. The van der Waals surface area contributed by atoms with Crippen molar-refractivity contribution in [2.75, 3.05) is 25.0 Å². The van der Waals surface area contributed by atoms with Crippen molar-refractivity contribution in [3.63, 3.8) is 0 Å². The van der Waals surface area contributed by atoms with Crippen molar-refractivity contribution in [2.45, 2.75) is 12.8 Å². The fraction of sp³-hybridized carbons (Fsp3) is 0.333. The number of para-hydroxylation sites is 1. The summed E-state index contributed by atoms with van der Waals surface area (Å²) in [5, 5.41) is 15.7. The maximum absolute atomic E-state index is 12.8. The van der Waals surface area contributed by atoms with Crippen molar-refractivity contribution < 1.29 is 14.7 Å². The van der Waals surface area contributed by atoms with Crippen molar-refractivity contribution in [3.05, 3.63) is 52.2 Å². The van der Waals surface area contributed by atoms with E-state index in [0.29, 0.717) is 29.9 Å². The third kappa shape index (κ3) is 3.66. The Labute approximate surface area is 144 Å². The molecule has 1 aromatic carbocycles. The van der Waals surface area contributed by atoms with Crippen LogP contribution in [0.15, 0.2) is 41.1 Å². The lowest BCUT2D eigenvalue weighted by molar-refractivity contribution is 0.0652. The molecule has 2 aromatic rings. The number of nitrogens with one attached hydrogen (secondary N) is 1. The molecule has 2 N–H and O–H groups in total. The van der Waals surface area contributed by atoms with Gasteiger partial charge in [-0.15, -0.1) is 0 Å². The van der Waals surface area contributed by atoms with Crippen LogP contribution in [0.25, 0.3) is 0 Å². The molecular formula is C18H20N2O3S. The van der Waals surface area contributed by atoms with E-state index in [-0.39, 0.29) is 24.3 Å². The normalized spacial score (nSPS) is 15.3. The summed E-state index contributed by atoms with van der Waals surface area (Å²) in [6.07, 6.45) is 1.62. The summed E-state index contributed by atoms with van der Waals surface area (Å²) >= 11 is 1.46. The number of benzene rings is 1. The second-order valence-corrected chi connectivity index (χ2v) is 6.71. The molecule has 3 rings (SSSR count). The van der Waals surface area contributed by atoms with Gasteiger partial charge in [0.05, 0.1) is 16.8 Å². The minimum atomic E-state index is -0.213. The SMILES string of the molecule is O=C(Nc1ccccc1C(=O)N1CCC(CO)CC1)c1ccsc1. The van der Waals surface area contributed by atoms with Gasteiger partial charge in [0.15, 0.2) is 0 Å². The van der Waals surface area contributed by atoms with E-state index in [1.165, 1.54) is 11.3 Å². The molecule has 0 atom stereocenters. The summed E-state index contributed by atoms with van der Waals surface area (Å²) in [6, 6.07) is 8.84. The van der Waals surface area contributed by atoms with E-state index in [1.54, 1.807) is 40.6 Å². The van der Waals surface area contributed by atoms with Crippen molar-refractivity contribution >= 4 is 28.8 Å². The topological polar surface area (TPSA) is 69.6 Å². The fourth-order valence-corrected chi connectivity index (χ4v) is 3.49. The highest BCUT2D eigenvalue weighted by molar-refractivity contribution is 7.08. The molecule has 1 fully saturated rings. The van der Waals surface area contributed by atoms with Gasteiger partial charge in [-0.25, -0.2) is 0 Å². The number of thiophene rings is 1. The van der Waals surface area contributed by atoms with Crippen LogP contribution in [0.3, 0.4) is 0 Å². The van der Waals surface area contributed by atoms with E-state index in [0.717, 1.165) is 12.8 Å². The molecule has 2 amide bonds. The molecule has 5 nitrogen and oxygen atoms in total. The molecule has 24 heavy (non-hydrogen) atoms. The van der Waals surface area contributed by atoms with E-state index in [1.807, 2.05) is 5.38 Å². The van der Waals surface area contributed by atoms with Crippen LogP contribution in [0.2, 0.25) is 0 Å². The van der Waals surface area contributed by atoms with Gasteiger partial charge in [-0.05, 0) is 42.3 Å². The molecule has 6 heteroatoms. The summed E-state index contributed by atoms with van der Waals surface area (Å²) in [4.78, 5) is 26.8. The van der Waals surface area contributed by atoms with Gasteiger partial charge in [-0.2, -0.15) is 11.3 Å². The number of likely N-dealkylation sites (tertiary alicyclic amines) is 1. The summed E-state index contributed by atoms with van der Waals surface area (Å²) < 4.78 is 0. The molecule has 0 radical (unpaired) electrons. The zero-order chi connectivity index (χ0) is 16.9. The number of amides is 2. The first-order valence-electron chi connectivity index (χ1n) is 8.01. The summed E-state index contributed by atoms with van der Waals surface area (Å²) in [6.45, 7) is 1.45. The molecule has 0 aliphatic carbocycles. The molecule has 1 saturated heterocycles. The zero-order valence-electron chi connectivity index (χ0n) is 13.3. The van der Waals surface area contributed by atoms with Crippen LogP contribution in [0.5, 0.6) is 0 Å². The molecule has 1 aromatic heterocycles. The van der Waals surface area contributed by atoms with Gasteiger partial charge in [-0.1, -0.05) is 12.1 Å². The summed E-state index contributed by atoms with van der Waals surface area (Å²) in [5.74, 6) is -0.00863. The number of aliphatic hydroxyl groups excluding tert-OH is 1. The van der Waals surface area contributed by atoms with Crippen LogP contribution in [0.1, 0.15) is 33.6 Å². The van der Waals surface area contributed by atoms with Crippen LogP contribution >= 0.6 is 11.3 Å². The quantitative estimate of drug-likeness (QED) is 0.896. The second kappa shape index (κ2) is 7.59. The number of piperidine rings is 1. The highest BCUT2D eigenvalue weighted by atomic mass is 32.1. The molecule has 126 valence electrons. The third-order valence-corrected chi connectivity index (χ3v) is 5.03. The number of hydrogen-bond donors (Lipinski definition) is 2. The van der Waals surface area contributed by atoms with Crippen molar-refractivity contribution in [2.24, 2.45) is 5.92 Å². The van der Waals surface area contributed by atoms with E-state index in [4.69, 9.17) is 0 Å². The van der Waals surface area contributed by atoms with Crippen LogP contribution in [0.4, 0.5) is 5.69 Å². The maximum Gasteiger partial charge on any atom is 0.256 e. The predicted octanol–water partition coefficient (Wildman–Crippen LogP) is 2.84. The molecule has 0 unspecified atom stereocenters. The minimum Gasteiger partial charge on any atom is -0.396 e. The van der Waals surface area contributed by atoms with Crippen molar-refractivity contribution in [1.29, 1.82) is 0 Å². The largest absolute Gasteiger partial charge is 0.396 e. The number of hydrogen-bond acceptors (Lipinski definition) is 4. The molecule has 1 aliphatic rings. The standard InChI is InChI=1S/C18H20N2O3S/c21-11-13-5-8-20(9-6-13)18(23)15-3-1-2-4-16(15)19-17(22)14-7-10-24-12-14/h1-4,7,10,12-13,21H,5-6,8-9,11H2,(H,19,22). The van der Waals surface area contributed by atoms with Crippen LogP contribution in [0, 0.1) is 5.92 Å². The lowest BCUT2D eigenvalue weighted by Crippen LogP contribution is -2.39. The number of aliphatic hydroxyl groups is 1. The van der Waals surface area contributed by atoms with Crippen LogP contribution in [-0.2, 0) is 0 Å². The monoisotopic (exact) mass is 344 g/mol. The predicted molar refractivity (Wildman–Crippen MR) is 94.4 cm³/mol. The van der Waals surface area contributed by atoms with Crippen molar-refractivity contribution in [1.82, 2.24) is 4.90 Å². The number of nitrogens with zero attached hydrogens (tertiary/aromatic N) is 1. The van der Waals surface area contributed by atoms with Crippen LogP contribution in [-0.4, -0.2) is 41.5 Å². The van der Waals surface area contributed by atoms with Crippen molar-refractivity contribution in [3.8, 4) is 0 Å². The average Bonchev–Trinajstić information content (AvgIpc) is 3.16. The minimum absolute atomic E-state index is 0.0763. The highest BCUT2D eigenvalue weighted by Crippen LogP contribution is 2.23. The Bertz CT molecular complexity index is 707. The van der Waals surface area contributed by atoms with Gasteiger partial charge >= 0.3 is 0 Å². The zero-order valence-corrected chi connectivity index (χ0v) is 14.1. The van der Waals surface area contributed by atoms with E-state index < -0.39 is 0 Å². The van der Waals surface area contributed by atoms with Gasteiger partial charge in [0.1, 0.15) is 0 Å². The lowest BCUT2D eigenvalue weighted by Gasteiger charge is -2.31. The second-order valence-electron chi connectivity index (χ2n) is 5.93. The molecule has 0 bridgehead atoms. The molecule has 1 aliphatic heterocycles. The summed E-state index contributed by atoms with van der Waals surface area (Å²) in [7, 11) is 0. The molecule has 0 spiro atoms. The Hall–Kier alpha value is -2.18. The number of carbonyl (C=O) groups excluding carboxylic acids is 2. The Morgan fingerprint density at radius 2 is 1.96 bits per heavy atom. The Morgan fingerprint density at radius 3 is 2.62 bits per heavy atom. The Kier molecular flexibility index (Phi) is 5.27. The first-order chi connectivity index (χ1) is 11.7. The Balaban J connectivity index is 1.74. The van der Waals surface area contributed by atoms with Crippen LogP contribution < -0.4 is 5.32 Å². The molecular weight excluding hydrogens is 324 g/mol. The number of rotatable bonds is 4. The lowest BCUT2D eigenvalue weighted by atomic mass is 9.97. The Morgan fingerprint density at radius 1 is 1.21 bits per heavy atom. The molecule has 0 saturated carbocycles.